The fourth-order valence-corrected chi connectivity index (χ4v) is 5.58. The molecule has 1 aliphatic rings. The maximum Gasteiger partial charge on any atom is 0.258 e. The maximum atomic E-state index is 13.9. The Morgan fingerprint density at radius 3 is 2.36 bits per heavy atom. The summed E-state index contributed by atoms with van der Waals surface area (Å²) >= 11 is 0. The maximum absolute atomic E-state index is 13.9. The Bertz CT molecular complexity index is 1550. The van der Waals surface area contributed by atoms with Crippen molar-refractivity contribution in [3.8, 4) is 0 Å². The minimum atomic E-state index is -0.742. The first kappa shape index (κ1) is 29.0. The number of nitrogens with zero attached hydrogens (tertiary/aromatic N) is 2. The second kappa shape index (κ2) is 13.4. The number of rotatable bonds is 13. The average Bonchev–Trinajstić information content (AvgIpc) is 3.28. The van der Waals surface area contributed by atoms with Crippen LogP contribution in [0.3, 0.4) is 0 Å². The second-order valence-electron chi connectivity index (χ2n) is 10.7. The molecule has 1 N–H and O–H groups in total. The van der Waals surface area contributed by atoms with Gasteiger partial charge in [0.15, 0.2) is 0 Å². The Morgan fingerprint density at radius 1 is 0.881 bits per heavy atom. The SMILES string of the molecule is CCCCNC(=O)[C@H](Cc1ccccc1)N(Cc1ccc(F)cc1)C(=O)CCCN1C(=O)c2cccc3cccc1c23. The summed E-state index contributed by atoms with van der Waals surface area (Å²) in [4.78, 5) is 44.1. The third kappa shape index (κ3) is 6.51. The van der Waals surface area contributed by atoms with Gasteiger partial charge in [-0.05, 0) is 53.6 Å². The van der Waals surface area contributed by atoms with Crippen molar-refractivity contribution in [1.29, 1.82) is 0 Å². The molecular formula is C35H36FN3O3. The van der Waals surface area contributed by atoms with Gasteiger partial charge in [-0.25, -0.2) is 4.39 Å². The van der Waals surface area contributed by atoms with E-state index in [1.807, 2.05) is 66.7 Å². The molecule has 0 bridgehead atoms. The molecule has 0 radical (unpaired) electrons. The third-order valence-electron chi connectivity index (χ3n) is 7.79. The monoisotopic (exact) mass is 565 g/mol. The molecule has 0 aromatic heterocycles. The van der Waals surface area contributed by atoms with Gasteiger partial charge in [-0.3, -0.25) is 14.4 Å². The molecule has 3 amide bonds. The van der Waals surface area contributed by atoms with Crippen molar-refractivity contribution in [3.63, 3.8) is 0 Å². The van der Waals surface area contributed by atoms with Gasteiger partial charge in [0.1, 0.15) is 11.9 Å². The van der Waals surface area contributed by atoms with Crippen LogP contribution in [0.15, 0.2) is 91.0 Å². The Kier molecular flexibility index (Phi) is 9.27. The van der Waals surface area contributed by atoms with Crippen molar-refractivity contribution in [2.75, 3.05) is 18.0 Å². The summed E-state index contributed by atoms with van der Waals surface area (Å²) in [6.07, 6.45) is 2.73. The molecule has 1 aliphatic heterocycles. The van der Waals surface area contributed by atoms with E-state index < -0.39 is 6.04 Å². The zero-order chi connectivity index (χ0) is 29.5. The summed E-state index contributed by atoms with van der Waals surface area (Å²) < 4.78 is 13.7. The molecule has 7 heteroatoms. The molecular weight excluding hydrogens is 529 g/mol. The number of anilines is 1. The molecule has 1 heterocycles. The van der Waals surface area contributed by atoms with Crippen LogP contribution in [0.2, 0.25) is 0 Å². The highest BCUT2D eigenvalue weighted by Crippen LogP contribution is 2.37. The molecule has 1 atom stereocenters. The van der Waals surface area contributed by atoms with Crippen LogP contribution in [0.25, 0.3) is 10.8 Å². The number of amides is 3. The van der Waals surface area contributed by atoms with Crippen molar-refractivity contribution >= 4 is 34.2 Å². The van der Waals surface area contributed by atoms with E-state index in [9.17, 15) is 18.8 Å². The van der Waals surface area contributed by atoms with E-state index in [1.165, 1.54) is 12.1 Å². The van der Waals surface area contributed by atoms with E-state index in [1.54, 1.807) is 21.9 Å². The molecule has 0 saturated carbocycles. The van der Waals surface area contributed by atoms with Gasteiger partial charge >= 0.3 is 0 Å². The Balaban J connectivity index is 1.36. The first-order chi connectivity index (χ1) is 20.5. The predicted molar refractivity (Wildman–Crippen MR) is 164 cm³/mol. The first-order valence-electron chi connectivity index (χ1n) is 14.7. The van der Waals surface area contributed by atoms with Crippen molar-refractivity contribution in [3.05, 3.63) is 114 Å². The lowest BCUT2D eigenvalue weighted by Crippen LogP contribution is -2.50. The van der Waals surface area contributed by atoms with Crippen LogP contribution in [-0.4, -0.2) is 41.8 Å². The van der Waals surface area contributed by atoms with E-state index in [-0.39, 0.29) is 36.5 Å². The smallest absolute Gasteiger partial charge is 0.258 e. The molecule has 0 fully saturated rings. The lowest BCUT2D eigenvalue weighted by molar-refractivity contribution is -0.141. The third-order valence-corrected chi connectivity index (χ3v) is 7.79. The highest BCUT2D eigenvalue weighted by atomic mass is 19.1. The number of nitrogens with one attached hydrogen (secondary N) is 1. The molecule has 42 heavy (non-hydrogen) atoms. The van der Waals surface area contributed by atoms with Crippen molar-refractivity contribution in [1.82, 2.24) is 10.2 Å². The average molecular weight is 566 g/mol. The molecule has 6 nitrogen and oxygen atoms in total. The Hall–Kier alpha value is -4.52. The molecule has 0 saturated heterocycles. The lowest BCUT2D eigenvalue weighted by Gasteiger charge is -2.32. The normalized spacial score (nSPS) is 12.9. The van der Waals surface area contributed by atoms with Crippen molar-refractivity contribution in [2.24, 2.45) is 0 Å². The Labute approximate surface area is 246 Å². The number of hydrogen-bond acceptors (Lipinski definition) is 3. The standard InChI is InChI=1S/C35H36FN3O3/c1-2-3-21-37-34(41)31(23-25-10-5-4-6-11-25)39(24-26-17-19-28(36)20-18-26)32(40)16-9-22-38-30-15-8-13-27-12-7-14-29(33(27)30)35(38)42/h4-8,10-15,17-20,31H,2-3,9,16,21-24H2,1H3,(H,37,41)/t31-/m0/s1. The van der Waals surface area contributed by atoms with Gasteiger partial charge in [0.05, 0.1) is 5.69 Å². The highest BCUT2D eigenvalue weighted by molar-refractivity contribution is 6.25. The van der Waals surface area contributed by atoms with Gasteiger partial charge in [-0.2, -0.15) is 0 Å². The number of unbranched alkanes of at least 4 members (excludes halogenated alkanes) is 1. The molecule has 0 spiro atoms. The van der Waals surface area contributed by atoms with Crippen LogP contribution in [0, 0.1) is 5.82 Å². The minimum Gasteiger partial charge on any atom is -0.354 e. The van der Waals surface area contributed by atoms with Gasteiger partial charge in [0, 0.05) is 43.4 Å². The number of hydrogen-bond donors (Lipinski definition) is 1. The zero-order valence-corrected chi connectivity index (χ0v) is 23.9. The van der Waals surface area contributed by atoms with Crippen LogP contribution in [0.1, 0.15) is 54.1 Å². The summed E-state index contributed by atoms with van der Waals surface area (Å²) in [6.45, 7) is 3.14. The molecule has 4 aromatic rings. The molecule has 5 rings (SSSR count). The quantitative estimate of drug-likeness (QED) is 0.194. The van der Waals surface area contributed by atoms with Crippen molar-refractivity contribution < 1.29 is 18.8 Å². The van der Waals surface area contributed by atoms with E-state index >= 15 is 0 Å². The number of halogens is 1. The van der Waals surface area contributed by atoms with E-state index in [2.05, 4.69) is 12.2 Å². The van der Waals surface area contributed by atoms with Crippen LogP contribution >= 0.6 is 0 Å². The van der Waals surface area contributed by atoms with Gasteiger partial charge in [-0.15, -0.1) is 0 Å². The molecule has 0 aliphatic carbocycles. The fraction of sp³-hybridized carbons (Fsp3) is 0.286. The molecule has 0 unspecified atom stereocenters. The van der Waals surface area contributed by atoms with Gasteiger partial charge in [0.2, 0.25) is 11.8 Å². The molecule has 216 valence electrons. The van der Waals surface area contributed by atoms with E-state index in [4.69, 9.17) is 0 Å². The second-order valence-corrected chi connectivity index (χ2v) is 10.7. The lowest BCUT2D eigenvalue weighted by atomic mass is 10.0. The van der Waals surface area contributed by atoms with Gasteiger partial charge in [-0.1, -0.05) is 80.1 Å². The largest absolute Gasteiger partial charge is 0.354 e. The number of carbonyl (C=O) groups excluding carboxylic acids is 3. The van der Waals surface area contributed by atoms with Crippen molar-refractivity contribution in [2.45, 2.75) is 51.6 Å². The topological polar surface area (TPSA) is 69.7 Å². The summed E-state index contributed by atoms with van der Waals surface area (Å²) in [5.74, 6) is -0.816. The van der Waals surface area contributed by atoms with Crippen LogP contribution < -0.4 is 10.2 Å². The van der Waals surface area contributed by atoms with Gasteiger partial charge in [0.25, 0.3) is 5.91 Å². The zero-order valence-electron chi connectivity index (χ0n) is 23.9. The summed E-state index contributed by atoms with van der Waals surface area (Å²) in [6, 6.07) is 26.5. The predicted octanol–water partition coefficient (Wildman–Crippen LogP) is 6.28. The van der Waals surface area contributed by atoms with E-state index in [0.29, 0.717) is 31.5 Å². The first-order valence-corrected chi connectivity index (χ1v) is 14.7. The minimum absolute atomic E-state index is 0.0605. The Morgan fingerprint density at radius 2 is 1.62 bits per heavy atom. The van der Waals surface area contributed by atoms with Gasteiger partial charge < -0.3 is 15.1 Å². The van der Waals surface area contributed by atoms with Crippen LogP contribution in [0.5, 0.6) is 0 Å². The summed E-state index contributed by atoms with van der Waals surface area (Å²) in [7, 11) is 0. The molecule has 4 aromatic carbocycles. The van der Waals surface area contributed by atoms with Crippen LogP contribution in [-0.2, 0) is 22.6 Å². The summed E-state index contributed by atoms with van der Waals surface area (Å²) in [5.41, 5.74) is 3.22. The highest BCUT2D eigenvalue weighted by Gasteiger charge is 2.32. The number of benzene rings is 4. The fourth-order valence-electron chi connectivity index (χ4n) is 5.58. The number of carbonyl (C=O) groups is 3. The van der Waals surface area contributed by atoms with E-state index in [0.717, 1.165) is 40.4 Å². The summed E-state index contributed by atoms with van der Waals surface area (Å²) in [5, 5.41) is 4.98. The van der Waals surface area contributed by atoms with Crippen LogP contribution in [0.4, 0.5) is 10.1 Å².